The molecule has 5 rings (SSSR count). The van der Waals surface area contributed by atoms with Gasteiger partial charge in [0, 0.05) is 23.4 Å². The fourth-order valence-electron chi connectivity index (χ4n) is 3.95. The highest BCUT2D eigenvalue weighted by Crippen LogP contribution is 2.27. The molecule has 0 fully saturated rings. The molecule has 0 radical (unpaired) electrons. The number of thioether (sulfide) groups is 1. The van der Waals surface area contributed by atoms with Crippen LogP contribution in [-0.4, -0.2) is 20.7 Å². The molecule has 0 bridgehead atoms. The molecule has 1 N–H and O–H groups in total. The van der Waals surface area contributed by atoms with Crippen LogP contribution >= 0.6 is 11.8 Å². The van der Waals surface area contributed by atoms with E-state index in [0.717, 1.165) is 28.0 Å². The Balaban J connectivity index is 1.34. The zero-order valence-corrected chi connectivity index (χ0v) is 20.7. The first-order valence-corrected chi connectivity index (χ1v) is 12.7. The van der Waals surface area contributed by atoms with Crippen LogP contribution in [0.1, 0.15) is 38.6 Å². The SMILES string of the molecule is Cc1cccc(-n2c(Cc3ccccc3)nnc2SCc2cccc(C(=O)NCc3ccco3)c2)c1. The Morgan fingerprint density at radius 3 is 2.56 bits per heavy atom. The monoisotopic (exact) mass is 494 g/mol. The van der Waals surface area contributed by atoms with E-state index in [4.69, 9.17) is 4.42 Å². The van der Waals surface area contributed by atoms with E-state index >= 15 is 0 Å². The number of nitrogens with zero attached hydrogens (tertiary/aromatic N) is 3. The average Bonchev–Trinajstić information content (AvgIpc) is 3.57. The zero-order chi connectivity index (χ0) is 24.7. The quantitative estimate of drug-likeness (QED) is 0.255. The topological polar surface area (TPSA) is 73.0 Å². The van der Waals surface area contributed by atoms with Crippen LogP contribution in [0.15, 0.2) is 107 Å². The number of furan rings is 1. The molecule has 36 heavy (non-hydrogen) atoms. The van der Waals surface area contributed by atoms with E-state index in [2.05, 4.69) is 63.4 Å². The molecule has 2 heterocycles. The summed E-state index contributed by atoms with van der Waals surface area (Å²) in [5.74, 6) is 2.14. The zero-order valence-electron chi connectivity index (χ0n) is 19.9. The molecular weight excluding hydrogens is 468 g/mol. The Morgan fingerprint density at radius 2 is 1.75 bits per heavy atom. The smallest absolute Gasteiger partial charge is 0.251 e. The third-order valence-electron chi connectivity index (χ3n) is 5.73. The molecule has 0 aliphatic rings. The molecule has 3 aromatic carbocycles. The van der Waals surface area contributed by atoms with Crippen molar-refractivity contribution in [1.29, 1.82) is 0 Å². The lowest BCUT2D eigenvalue weighted by Gasteiger charge is -2.11. The maximum Gasteiger partial charge on any atom is 0.251 e. The van der Waals surface area contributed by atoms with Gasteiger partial charge in [-0.05, 0) is 60.0 Å². The molecule has 0 aliphatic carbocycles. The first-order valence-electron chi connectivity index (χ1n) is 11.7. The lowest BCUT2D eigenvalue weighted by Crippen LogP contribution is -2.22. The van der Waals surface area contributed by atoms with E-state index in [-0.39, 0.29) is 5.91 Å². The van der Waals surface area contributed by atoms with Crippen LogP contribution in [0.25, 0.3) is 5.69 Å². The van der Waals surface area contributed by atoms with Crippen LogP contribution in [0.3, 0.4) is 0 Å². The van der Waals surface area contributed by atoms with Gasteiger partial charge in [0.15, 0.2) is 5.16 Å². The number of benzene rings is 3. The summed E-state index contributed by atoms with van der Waals surface area (Å²) in [6.45, 7) is 2.44. The van der Waals surface area contributed by atoms with Gasteiger partial charge in [-0.15, -0.1) is 10.2 Å². The molecule has 2 aromatic heterocycles. The molecule has 7 heteroatoms. The molecule has 180 valence electrons. The van der Waals surface area contributed by atoms with Gasteiger partial charge in [0.1, 0.15) is 11.6 Å². The Labute approximate surface area is 214 Å². The number of carbonyl (C=O) groups is 1. The van der Waals surface area contributed by atoms with Crippen molar-refractivity contribution in [2.75, 3.05) is 0 Å². The summed E-state index contributed by atoms with van der Waals surface area (Å²) in [4.78, 5) is 12.6. The Kier molecular flexibility index (Phi) is 7.28. The predicted octanol–water partition coefficient (Wildman–Crippen LogP) is 5.98. The van der Waals surface area contributed by atoms with Crippen molar-refractivity contribution in [1.82, 2.24) is 20.1 Å². The maximum absolute atomic E-state index is 12.6. The molecule has 0 saturated heterocycles. The Bertz CT molecular complexity index is 1450. The van der Waals surface area contributed by atoms with Gasteiger partial charge in [-0.25, -0.2) is 0 Å². The number of rotatable bonds is 9. The summed E-state index contributed by atoms with van der Waals surface area (Å²) in [6.07, 6.45) is 2.29. The third kappa shape index (κ3) is 5.75. The molecule has 0 atom stereocenters. The molecule has 0 aliphatic heterocycles. The Morgan fingerprint density at radius 1 is 0.917 bits per heavy atom. The Hall–Kier alpha value is -4.10. The van der Waals surface area contributed by atoms with Gasteiger partial charge in [0.25, 0.3) is 5.91 Å². The van der Waals surface area contributed by atoms with Gasteiger partial charge < -0.3 is 9.73 Å². The molecule has 0 unspecified atom stereocenters. The normalized spacial score (nSPS) is 10.9. The summed E-state index contributed by atoms with van der Waals surface area (Å²) >= 11 is 1.61. The van der Waals surface area contributed by atoms with Crippen LogP contribution in [0.2, 0.25) is 0 Å². The van der Waals surface area contributed by atoms with E-state index in [1.54, 1.807) is 24.1 Å². The lowest BCUT2D eigenvalue weighted by atomic mass is 10.1. The largest absolute Gasteiger partial charge is 0.467 e. The predicted molar refractivity (Wildman–Crippen MR) is 141 cm³/mol. The standard InChI is InChI=1S/C29H26N4O2S/c1-21-8-5-13-25(16-21)33-27(18-22-9-3-2-4-10-22)31-32-29(33)36-20-23-11-6-12-24(17-23)28(34)30-19-26-14-7-15-35-26/h2-17H,18-20H2,1H3,(H,30,34). The van der Waals surface area contributed by atoms with Gasteiger partial charge in [-0.1, -0.05) is 66.4 Å². The molecule has 1 amide bonds. The van der Waals surface area contributed by atoms with Crippen molar-refractivity contribution < 1.29 is 9.21 Å². The van der Waals surface area contributed by atoms with Crippen molar-refractivity contribution in [3.63, 3.8) is 0 Å². The summed E-state index contributed by atoms with van der Waals surface area (Å²) < 4.78 is 7.42. The van der Waals surface area contributed by atoms with E-state index < -0.39 is 0 Å². The van der Waals surface area contributed by atoms with Gasteiger partial charge in [0.2, 0.25) is 0 Å². The van der Waals surface area contributed by atoms with Crippen molar-refractivity contribution in [2.45, 2.75) is 30.8 Å². The van der Waals surface area contributed by atoms with Gasteiger partial charge in [-0.3, -0.25) is 9.36 Å². The second-order valence-corrected chi connectivity index (χ2v) is 9.43. The number of aryl methyl sites for hydroxylation is 1. The molecule has 5 aromatic rings. The summed E-state index contributed by atoms with van der Waals surface area (Å²) in [6, 6.07) is 30.0. The van der Waals surface area contributed by atoms with Crippen LogP contribution in [0.5, 0.6) is 0 Å². The minimum atomic E-state index is -0.133. The van der Waals surface area contributed by atoms with Crippen molar-refractivity contribution in [3.8, 4) is 5.69 Å². The highest BCUT2D eigenvalue weighted by Gasteiger charge is 2.16. The van der Waals surface area contributed by atoms with Gasteiger partial charge in [-0.2, -0.15) is 0 Å². The average molecular weight is 495 g/mol. The fourth-order valence-corrected chi connectivity index (χ4v) is 4.86. The molecule has 6 nitrogen and oxygen atoms in total. The van der Waals surface area contributed by atoms with E-state index in [9.17, 15) is 4.79 Å². The second-order valence-electron chi connectivity index (χ2n) is 8.49. The van der Waals surface area contributed by atoms with Crippen molar-refractivity contribution >= 4 is 17.7 Å². The van der Waals surface area contributed by atoms with E-state index in [1.165, 1.54) is 11.1 Å². The maximum atomic E-state index is 12.6. The molecular formula is C29H26N4O2S. The van der Waals surface area contributed by atoms with Crippen LogP contribution in [0, 0.1) is 6.92 Å². The third-order valence-corrected chi connectivity index (χ3v) is 6.73. The molecule has 0 spiro atoms. The van der Waals surface area contributed by atoms with Crippen molar-refractivity contribution in [3.05, 3.63) is 131 Å². The highest BCUT2D eigenvalue weighted by atomic mass is 32.2. The number of nitrogens with one attached hydrogen (secondary N) is 1. The summed E-state index contributed by atoms with van der Waals surface area (Å²) in [7, 11) is 0. The van der Waals surface area contributed by atoms with E-state index in [0.29, 0.717) is 24.3 Å². The molecule has 0 saturated carbocycles. The van der Waals surface area contributed by atoms with E-state index in [1.807, 2.05) is 48.5 Å². The van der Waals surface area contributed by atoms with Crippen LogP contribution < -0.4 is 5.32 Å². The first kappa shape index (κ1) is 23.6. The first-order chi connectivity index (χ1) is 17.7. The number of hydrogen-bond donors (Lipinski definition) is 1. The van der Waals surface area contributed by atoms with Gasteiger partial charge in [0.05, 0.1) is 12.8 Å². The summed E-state index contributed by atoms with van der Waals surface area (Å²) in [5, 5.41) is 12.8. The second kappa shape index (κ2) is 11.1. The lowest BCUT2D eigenvalue weighted by molar-refractivity contribution is 0.0948. The number of hydrogen-bond acceptors (Lipinski definition) is 5. The summed E-state index contributed by atoms with van der Waals surface area (Å²) in [5.41, 5.74) is 5.05. The minimum absolute atomic E-state index is 0.133. The fraction of sp³-hybridized carbons (Fsp3) is 0.138. The van der Waals surface area contributed by atoms with Crippen molar-refractivity contribution in [2.24, 2.45) is 0 Å². The van der Waals surface area contributed by atoms with Gasteiger partial charge >= 0.3 is 0 Å². The number of amides is 1. The number of carbonyl (C=O) groups excluding carboxylic acids is 1. The number of aromatic nitrogens is 3. The van der Waals surface area contributed by atoms with Crippen LogP contribution in [0.4, 0.5) is 0 Å². The van der Waals surface area contributed by atoms with Crippen LogP contribution in [-0.2, 0) is 18.7 Å². The minimum Gasteiger partial charge on any atom is -0.467 e. The highest BCUT2D eigenvalue weighted by molar-refractivity contribution is 7.98.